The summed E-state index contributed by atoms with van der Waals surface area (Å²) in [6.07, 6.45) is -3.19. The quantitative estimate of drug-likeness (QED) is 0.391. The van der Waals surface area contributed by atoms with Crippen LogP contribution in [-0.4, -0.2) is 39.5 Å². The number of aliphatic hydroxyl groups excluding tert-OH is 3. The van der Waals surface area contributed by atoms with E-state index in [1.54, 1.807) is 6.92 Å². The third-order valence-electron chi connectivity index (χ3n) is 2.69. The van der Waals surface area contributed by atoms with Crippen molar-refractivity contribution in [1.82, 2.24) is 0 Å². The molecule has 76 valence electrons. The summed E-state index contributed by atoms with van der Waals surface area (Å²) in [5.41, 5.74) is 5.04. The SMILES string of the molecule is C[C@H]1C[C@@H](C(N)=O)[C@H](O)[C@H](O)[C@H]1O. The van der Waals surface area contributed by atoms with Crippen LogP contribution in [0.3, 0.4) is 0 Å². The molecule has 1 rings (SSSR count). The molecule has 13 heavy (non-hydrogen) atoms. The first-order valence-corrected chi connectivity index (χ1v) is 4.28. The zero-order valence-corrected chi connectivity index (χ0v) is 7.42. The van der Waals surface area contributed by atoms with Crippen molar-refractivity contribution in [2.45, 2.75) is 31.7 Å². The zero-order valence-electron chi connectivity index (χ0n) is 7.42. The van der Waals surface area contributed by atoms with Gasteiger partial charge in [0.2, 0.25) is 5.91 Å². The Kier molecular flexibility index (Phi) is 2.90. The molecule has 1 aliphatic rings. The summed E-state index contributed by atoms with van der Waals surface area (Å²) in [6, 6.07) is 0. The largest absolute Gasteiger partial charge is 0.390 e. The minimum absolute atomic E-state index is 0.226. The Labute approximate surface area is 76.2 Å². The molecule has 0 aliphatic heterocycles. The molecule has 0 saturated heterocycles. The molecule has 5 N–H and O–H groups in total. The lowest BCUT2D eigenvalue weighted by Gasteiger charge is -2.37. The number of amides is 1. The van der Waals surface area contributed by atoms with E-state index in [0.717, 1.165) is 0 Å². The molecular formula is C8H15NO4. The van der Waals surface area contributed by atoms with Crippen LogP contribution in [0.1, 0.15) is 13.3 Å². The molecular weight excluding hydrogens is 174 g/mol. The van der Waals surface area contributed by atoms with Gasteiger partial charge in [0.15, 0.2) is 0 Å². The lowest BCUT2D eigenvalue weighted by atomic mass is 9.76. The maximum atomic E-state index is 10.8. The van der Waals surface area contributed by atoms with Gasteiger partial charge in [-0.3, -0.25) is 4.79 Å². The highest BCUT2D eigenvalue weighted by molar-refractivity contribution is 5.77. The van der Waals surface area contributed by atoms with Crippen LogP contribution < -0.4 is 5.73 Å². The number of aliphatic hydroxyl groups is 3. The molecule has 0 unspecified atom stereocenters. The topological polar surface area (TPSA) is 104 Å². The first kappa shape index (κ1) is 10.4. The van der Waals surface area contributed by atoms with E-state index in [4.69, 9.17) is 5.73 Å². The van der Waals surface area contributed by atoms with Gasteiger partial charge < -0.3 is 21.1 Å². The summed E-state index contributed by atoms with van der Waals surface area (Å²) in [4.78, 5) is 10.8. The van der Waals surface area contributed by atoms with E-state index in [0.29, 0.717) is 6.42 Å². The van der Waals surface area contributed by atoms with Gasteiger partial charge in [0.1, 0.15) is 6.10 Å². The molecule has 0 aromatic rings. The monoisotopic (exact) mass is 189 g/mol. The van der Waals surface area contributed by atoms with Crippen molar-refractivity contribution in [2.75, 3.05) is 0 Å². The molecule has 5 atom stereocenters. The number of nitrogens with two attached hydrogens (primary N) is 1. The molecule has 1 saturated carbocycles. The highest BCUT2D eigenvalue weighted by Crippen LogP contribution is 2.29. The summed E-state index contributed by atoms with van der Waals surface area (Å²) < 4.78 is 0. The summed E-state index contributed by atoms with van der Waals surface area (Å²) in [6.45, 7) is 1.70. The second-order valence-corrected chi connectivity index (χ2v) is 3.69. The van der Waals surface area contributed by atoms with Gasteiger partial charge in [0.25, 0.3) is 0 Å². The Morgan fingerprint density at radius 3 is 2.23 bits per heavy atom. The van der Waals surface area contributed by atoms with Crippen molar-refractivity contribution in [3.63, 3.8) is 0 Å². The van der Waals surface area contributed by atoms with Crippen molar-refractivity contribution in [1.29, 1.82) is 0 Å². The molecule has 5 heteroatoms. The van der Waals surface area contributed by atoms with E-state index >= 15 is 0 Å². The van der Waals surface area contributed by atoms with E-state index in [1.807, 2.05) is 0 Å². The maximum absolute atomic E-state index is 10.8. The average molecular weight is 189 g/mol. The number of hydrogen-bond acceptors (Lipinski definition) is 4. The summed E-state index contributed by atoms with van der Waals surface area (Å²) >= 11 is 0. The van der Waals surface area contributed by atoms with Crippen molar-refractivity contribution in [3.05, 3.63) is 0 Å². The van der Waals surface area contributed by atoms with Crippen LogP contribution in [0.25, 0.3) is 0 Å². The van der Waals surface area contributed by atoms with Gasteiger partial charge in [-0.05, 0) is 12.3 Å². The number of carbonyl (C=O) groups is 1. The fourth-order valence-electron chi connectivity index (χ4n) is 1.74. The van der Waals surface area contributed by atoms with E-state index in [1.165, 1.54) is 0 Å². The van der Waals surface area contributed by atoms with E-state index in [2.05, 4.69) is 0 Å². The predicted octanol–water partition coefficient (Wildman–Crippen LogP) is -1.79. The summed E-state index contributed by atoms with van der Waals surface area (Å²) in [7, 11) is 0. The lowest BCUT2D eigenvalue weighted by molar-refractivity contribution is -0.151. The Morgan fingerprint density at radius 2 is 1.77 bits per heavy atom. The van der Waals surface area contributed by atoms with Gasteiger partial charge in [-0.25, -0.2) is 0 Å². The molecule has 1 aliphatic carbocycles. The highest BCUT2D eigenvalue weighted by Gasteiger charge is 2.42. The zero-order chi connectivity index (χ0) is 10.2. The fourth-order valence-corrected chi connectivity index (χ4v) is 1.74. The number of primary amides is 1. The molecule has 0 radical (unpaired) electrons. The minimum Gasteiger partial charge on any atom is -0.390 e. The predicted molar refractivity (Wildman–Crippen MR) is 44.5 cm³/mol. The first-order chi connectivity index (χ1) is 5.95. The lowest BCUT2D eigenvalue weighted by Crippen LogP contribution is -2.53. The third-order valence-corrected chi connectivity index (χ3v) is 2.69. The first-order valence-electron chi connectivity index (χ1n) is 4.28. The van der Waals surface area contributed by atoms with Crippen LogP contribution >= 0.6 is 0 Å². The van der Waals surface area contributed by atoms with Crippen molar-refractivity contribution >= 4 is 5.91 Å². The third kappa shape index (κ3) is 1.82. The van der Waals surface area contributed by atoms with Crippen LogP contribution in [0.15, 0.2) is 0 Å². The van der Waals surface area contributed by atoms with E-state index < -0.39 is 30.1 Å². The van der Waals surface area contributed by atoms with Gasteiger partial charge in [0.05, 0.1) is 18.1 Å². The Morgan fingerprint density at radius 1 is 1.23 bits per heavy atom. The van der Waals surface area contributed by atoms with Crippen LogP contribution in [0.4, 0.5) is 0 Å². The van der Waals surface area contributed by atoms with Crippen molar-refractivity contribution in [2.24, 2.45) is 17.6 Å². The highest BCUT2D eigenvalue weighted by atomic mass is 16.4. The average Bonchev–Trinajstić information content (AvgIpc) is 2.07. The smallest absolute Gasteiger partial charge is 0.223 e. The van der Waals surface area contributed by atoms with Crippen LogP contribution in [0.5, 0.6) is 0 Å². The number of rotatable bonds is 1. The van der Waals surface area contributed by atoms with Crippen molar-refractivity contribution < 1.29 is 20.1 Å². The normalized spacial score (nSPS) is 46.0. The standard InChI is InChI=1S/C8H15NO4/c1-3-2-4(8(9)13)6(11)7(12)5(3)10/h3-7,10-12H,2H2,1H3,(H2,9,13)/t3-,4+,5-,6-,7+/m0/s1. The second kappa shape index (κ2) is 3.61. The minimum atomic E-state index is -1.28. The number of hydrogen-bond donors (Lipinski definition) is 4. The summed E-state index contributed by atoms with van der Waals surface area (Å²) in [5, 5.41) is 28.1. The van der Waals surface area contributed by atoms with Gasteiger partial charge >= 0.3 is 0 Å². The molecule has 0 spiro atoms. The molecule has 1 amide bonds. The van der Waals surface area contributed by atoms with Crippen LogP contribution in [0, 0.1) is 11.8 Å². The van der Waals surface area contributed by atoms with Crippen molar-refractivity contribution in [3.8, 4) is 0 Å². The Hall–Kier alpha value is -0.650. The molecule has 0 bridgehead atoms. The van der Waals surface area contributed by atoms with Gasteiger partial charge in [-0.1, -0.05) is 6.92 Å². The summed E-state index contributed by atoms with van der Waals surface area (Å²) in [5.74, 6) is -1.62. The molecule has 0 heterocycles. The van der Waals surface area contributed by atoms with Gasteiger partial charge in [-0.2, -0.15) is 0 Å². The Bertz CT molecular complexity index is 208. The molecule has 0 aromatic carbocycles. The van der Waals surface area contributed by atoms with E-state index in [9.17, 15) is 20.1 Å². The van der Waals surface area contributed by atoms with Gasteiger partial charge in [-0.15, -0.1) is 0 Å². The molecule has 0 aromatic heterocycles. The molecule has 1 fully saturated rings. The number of carbonyl (C=O) groups excluding carboxylic acids is 1. The second-order valence-electron chi connectivity index (χ2n) is 3.69. The maximum Gasteiger partial charge on any atom is 0.223 e. The molecule has 5 nitrogen and oxygen atoms in total. The Balaban J connectivity index is 2.76. The van der Waals surface area contributed by atoms with Gasteiger partial charge in [0, 0.05) is 0 Å². The van der Waals surface area contributed by atoms with E-state index in [-0.39, 0.29) is 5.92 Å². The van der Waals surface area contributed by atoms with Crippen LogP contribution in [0.2, 0.25) is 0 Å². The fraction of sp³-hybridized carbons (Fsp3) is 0.875. The van der Waals surface area contributed by atoms with Crippen LogP contribution in [-0.2, 0) is 4.79 Å².